The molecule has 0 saturated carbocycles. The van der Waals surface area contributed by atoms with E-state index in [9.17, 15) is 9.59 Å². The highest BCUT2D eigenvalue weighted by atomic mass is 16.4. The van der Waals surface area contributed by atoms with Crippen molar-refractivity contribution in [1.29, 1.82) is 0 Å². The van der Waals surface area contributed by atoms with Crippen LogP contribution in [0.4, 0.5) is 0 Å². The fourth-order valence-electron chi connectivity index (χ4n) is 2.00. The molecule has 0 spiro atoms. The van der Waals surface area contributed by atoms with Gasteiger partial charge in [-0.2, -0.15) is 0 Å². The van der Waals surface area contributed by atoms with Crippen LogP contribution < -0.4 is 0 Å². The van der Waals surface area contributed by atoms with Crippen molar-refractivity contribution in [2.45, 2.75) is 80.1 Å². The van der Waals surface area contributed by atoms with Crippen LogP contribution in [0.1, 0.15) is 80.1 Å². The first kappa shape index (κ1) is 23.9. The molecule has 0 aliphatic carbocycles. The van der Waals surface area contributed by atoms with Crippen LogP contribution in [0.15, 0.2) is 23.3 Å². The van der Waals surface area contributed by atoms with Crippen molar-refractivity contribution in [2.24, 2.45) is 11.8 Å². The van der Waals surface area contributed by atoms with Crippen LogP contribution in [0, 0.1) is 11.8 Å². The Balaban J connectivity index is 0. The summed E-state index contributed by atoms with van der Waals surface area (Å²) in [4.78, 5) is 20.4. The minimum atomic E-state index is -0.695. The highest BCUT2D eigenvalue weighted by Gasteiger charge is 2.05. The summed E-state index contributed by atoms with van der Waals surface area (Å²) in [5.74, 6) is 0.140. The van der Waals surface area contributed by atoms with Crippen molar-refractivity contribution in [3.05, 3.63) is 23.3 Å². The quantitative estimate of drug-likeness (QED) is 0.408. The Kier molecular flexibility index (Phi) is 16.1. The van der Waals surface area contributed by atoms with Gasteiger partial charge in [-0.1, -0.05) is 37.1 Å². The molecule has 1 unspecified atom stereocenters. The van der Waals surface area contributed by atoms with Crippen LogP contribution in [0.25, 0.3) is 0 Å². The van der Waals surface area contributed by atoms with E-state index < -0.39 is 5.97 Å². The van der Waals surface area contributed by atoms with Crippen LogP contribution in [-0.4, -0.2) is 17.4 Å². The number of allylic oxidation sites excluding steroid dienone is 4. The monoisotopic (exact) mass is 324 g/mol. The molecule has 0 amide bonds. The van der Waals surface area contributed by atoms with Crippen LogP contribution >= 0.6 is 0 Å². The third kappa shape index (κ3) is 23.0. The van der Waals surface area contributed by atoms with Gasteiger partial charge in [0.2, 0.25) is 0 Å². The molecule has 3 heteroatoms. The first-order valence-corrected chi connectivity index (χ1v) is 8.61. The maximum absolute atomic E-state index is 10.3. The fourth-order valence-corrected chi connectivity index (χ4v) is 2.00. The van der Waals surface area contributed by atoms with E-state index in [2.05, 4.69) is 46.8 Å². The molecule has 0 saturated heterocycles. The maximum Gasteiger partial charge on any atom is 0.303 e. The lowest BCUT2D eigenvalue weighted by Crippen LogP contribution is -2.03. The zero-order chi connectivity index (χ0) is 18.3. The predicted octanol–water partition coefficient (Wildman–Crippen LogP) is 5.80. The molecule has 0 aromatic carbocycles. The Bertz CT molecular complexity index is 372. The van der Waals surface area contributed by atoms with Gasteiger partial charge in [0.05, 0.1) is 0 Å². The molecule has 0 aliphatic rings. The second kappa shape index (κ2) is 15.5. The third-order valence-corrected chi connectivity index (χ3v) is 3.45. The molecule has 0 rings (SSSR count). The van der Waals surface area contributed by atoms with E-state index in [1.165, 1.54) is 11.1 Å². The molecule has 0 heterocycles. The number of carbonyl (C=O) groups is 2. The number of rotatable bonds is 10. The average molecular weight is 325 g/mol. The largest absolute Gasteiger partial charge is 0.481 e. The molecule has 3 nitrogen and oxygen atoms in total. The molecule has 0 fully saturated rings. The summed E-state index contributed by atoms with van der Waals surface area (Å²) in [6, 6.07) is 0. The van der Waals surface area contributed by atoms with E-state index >= 15 is 0 Å². The van der Waals surface area contributed by atoms with Crippen LogP contribution in [0.3, 0.4) is 0 Å². The van der Waals surface area contributed by atoms with E-state index in [0.717, 1.165) is 32.0 Å². The molecule has 23 heavy (non-hydrogen) atoms. The van der Waals surface area contributed by atoms with Crippen molar-refractivity contribution in [2.75, 3.05) is 0 Å². The van der Waals surface area contributed by atoms with E-state index in [4.69, 9.17) is 5.11 Å². The first-order chi connectivity index (χ1) is 10.7. The number of carboxylic acid groups (broad SMARTS) is 1. The summed E-state index contributed by atoms with van der Waals surface area (Å²) >= 11 is 0. The van der Waals surface area contributed by atoms with Gasteiger partial charge in [-0.15, -0.1) is 0 Å². The molecule has 1 N–H and O–H groups in total. The van der Waals surface area contributed by atoms with Gasteiger partial charge in [0, 0.05) is 12.8 Å². The number of carboxylic acids is 1. The van der Waals surface area contributed by atoms with E-state index in [-0.39, 0.29) is 12.3 Å². The Morgan fingerprint density at radius 3 is 1.70 bits per heavy atom. The summed E-state index contributed by atoms with van der Waals surface area (Å²) < 4.78 is 0. The van der Waals surface area contributed by atoms with Crippen molar-refractivity contribution in [3.8, 4) is 0 Å². The second-order valence-corrected chi connectivity index (χ2v) is 6.93. The van der Waals surface area contributed by atoms with Gasteiger partial charge in [-0.05, 0) is 65.2 Å². The minimum absolute atomic E-state index is 0.288. The average Bonchev–Trinajstić information content (AvgIpc) is 2.37. The SMILES string of the molecule is CC(C)=CCCC(C)CC=O.CC(C)=CCC[C@@H](C)CC(=O)O. The van der Waals surface area contributed by atoms with Gasteiger partial charge in [0.1, 0.15) is 6.29 Å². The summed E-state index contributed by atoms with van der Waals surface area (Å²) in [6.07, 6.45) is 10.6. The zero-order valence-corrected chi connectivity index (χ0v) is 15.9. The number of carbonyl (C=O) groups excluding carboxylic acids is 1. The summed E-state index contributed by atoms with van der Waals surface area (Å²) in [5, 5.41) is 8.48. The normalized spacial score (nSPS) is 12.3. The highest BCUT2D eigenvalue weighted by Crippen LogP contribution is 2.11. The van der Waals surface area contributed by atoms with Crippen LogP contribution in [0.2, 0.25) is 0 Å². The number of hydrogen-bond acceptors (Lipinski definition) is 2. The standard InChI is InChI=1S/C10H18O2.C10H18O/c1-8(2)5-4-6-9(3)7-10(11)12;1-9(2)5-4-6-10(3)7-8-11/h5,9H,4,6-7H2,1-3H3,(H,11,12);5,8,10H,4,6-7H2,1-3H3/t9-;/m1./s1. The molecule has 2 atom stereocenters. The van der Waals surface area contributed by atoms with Crippen molar-refractivity contribution >= 4 is 12.3 Å². The van der Waals surface area contributed by atoms with Crippen molar-refractivity contribution in [3.63, 3.8) is 0 Å². The molecule has 0 aromatic rings. The van der Waals surface area contributed by atoms with E-state index in [0.29, 0.717) is 12.3 Å². The Morgan fingerprint density at radius 1 is 0.913 bits per heavy atom. The van der Waals surface area contributed by atoms with Gasteiger partial charge in [0.25, 0.3) is 0 Å². The van der Waals surface area contributed by atoms with Gasteiger partial charge in [0.15, 0.2) is 0 Å². The van der Waals surface area contributed by atoms with Gasteiger partial charge < -0.3 is 9.90 Å². The third-order valence-electron chi connectivity index (χ3n) is 3.45. The Morgan fingerprint density at radius 2 is 1.35 bits per heavy atom. The van der Waals surface area contributed by atoms with E-state index in [1.54, 1.807) is 0 Å². The van der Waals surface area contributed by atoms with Crippen LogP contribution in [-0.2, 0) is 9.59 Å². The number of aldehydes is 1. The smallest absolute Gasteiger partial charge is 0.303 e. The Labute approximate surface area is 142 Å². The van der Waals surface area contributed by atoms with Crippen LogP contribution in [0.5, 0.6) is 0 Å². The van der Waals surface area contributed by atoms with Gasteiger partial charge in [-0.3, -0.25) is 4.79 Å². The number of aliphatic carboxylic acids is 1. The van der Waals surface area contributed by atoms with Gasteiger partial charge in [-0.25, -0.2) is 0 Å². The summed E-state index contributed by atoms with van der Waals surface area (Å²) in [7, 11) is 0. The number of hydrogen-bond donors (Lipinski definition) is 1. The van der Waals surface area contributed by atoms with Gasteiger partial charge >= 0.3 is 5.97 Å². The molecule has 134 valence electrons. The summed E-state index contributed by atoms with van der Waals surface area (Å²) in [5.41, 5.74) is 2.67. The minimum Gasteiger partial charge on any atom is -0.481 e. The fraction of sp³-hybridized carbons (Fsp3) is 0.700. The lowest BCUT2D eigenvalue weighted by Gasteiger charge is -2.05. The topological polar surface area (TPSA) is 54.4 Å². The molecule has 0 radical (unpaired) electrons. The maximum atomic E-state index is 10.3. The second-order valence-electron chi connectivity index (χ2n) is 6.93. The predicted molar refractivity (Wildman–Crippen MR) is 98.6 cm³/mol. The lowest BCUT2D eigenvalue weighted by molar-refractivity contribution is -0.138. The van der Waals surface area contributed by atoms with E-state index in [1.807, 2.05) is 6.92 Å². The zero-order valence-electron chi connectivity index (χ0n) is 15.9. The van der Waals surface area contributed by atoms with Crippen molar-refractivity contribution in [1.82, 2.24) is 0 Å². The first-order valence-electron chi connectivity index (χ1n) is 8.61. The Hall–Kier alpha value is -1.38. The molecule has 0 bridgehead atoms. The highest BCUT2D eigenvalue weighted by molar-refractivity contribution is 5.66. The molecular weight excluding hydrogens is 288 g/mol. The summed E-state index contributed by atoms with van der Waals surface area (Å²) in [6.45, 7) is 12.4. The molecular formula is C20H36O3. The molecule has 0 aliphatic heterocycles. The lowest BCUT2D eigenvalue weighted by atomic mass is 10.0. The van der Waals surface area contributed by atoms with Crippen molar-refractivity contribution < 1.29 is 14.7 Å². The molecule has 0 aromatic heterocycles.